The number of fused-ring (bicyclic) bond motifs is 1. The molecule has 10 heteroatoms. The number of aromatic nitrogens is 2. The van der Waals surface area contributed by atoms with Gasteiger partial charge < -0.3 is 4.74 Å². The standard InChI is InChI=1S/C20H12Cl3N3O3S/c21-14-6-15(22)8-17(7-14)30(27,28)26-16-9-18(23)20(25-11-16)29-19-5-12-3-1-2-4-13(12)10-24-19/h1-11,26H. The summed E-state index contributed by atoms with van der Waals surface area (Å²) in [5, 5.41) is 2.42. The molecule has 1 N–H and O–H groups in total. The van der Waals surface area contributed by atoms with E-state index in [4.69, 9.17) is 39.5 Å². The Labute approximate surface area is 187 Å². The number of benzene rings is 2. The van der Waals surface area contributed by atoms with E-state index < -0.39 is 10.0 Å². The molecule has 152 valence electrons. The van der Waals surface area contributed by atoms with Gasteiger partial charge in [0.15, 0.2) is 0 Å². The minimum absolute atomic E-state index is 0.0863. The monoisotopic (exact) mass is 479 g/mol. The zero-order valence-electron chi connectivity index (χ0n) is 15.0. The molecule has 0 saturated heterocycles. The average molecular weight is 481 g/mol. The highest BCUT2D eigenvalue weighted by atomic mass is 35.5. The smallest absolute Gasteiger partial charge is 0.262 e. The zero-order chi connectivity index (χ0) is 21.3. The molecular formula is C20H12Cl3N3O3S. The Balaban J connectivity index is 1.56. The van der Waals surface area contributed by atoms with Gasteiger partial charge in [-0.3, -0.25) is 4.72 Å². The van der Waals surface area contributed by atoms with Gasteiger partial charge in [-0.15, -0.1) is 0 Å². The maximum atomic E-state index is 12.6. The lowest BCUT2D eigenvalue weighted by molar-refractivity contribution is 0.446. The van der Waals surface area contributed by atoms with Crippen LogP contribution in [0.5, 0.6) is 11.8 Å². The summed E-state index contributed by atoms with van der Waals surface area (Å²) in [7, 11) is -3.94. The van der Waals surface area contributed by atoms with Crippen molar-refractivity contribution in [3.05, 3.63) is 82.1 Å². The Morgan fingerprint density at radius 1 is 0.833 bits per heavy atom. The molecule has 0 fully saturated rings. The highest BCUT2D eigenvalue weighted by molar-refractivity contribution is 7.92. The van der Waals surface area contributed by atoms with Crippen molar-refractivity contribution in [2.75, 3.05) is 4.72 Å². The van der Waals surface area contributed by atoms with Crippen molar-refractivity contribution < 1.29 is 13.2 Å². The molecule has 2 heterocycles. The van der Waals surface area contributed by atoms with Gasteiger partial charge in [0, 0.05) is 27.7 Å². The molecule has 2 aromatic carbocycles. The fourth-order valence-electron chi connectivity index (χ4n) is 2.67. The summed E-state index contributed by atoms with van der Waals surface area (Å²) in [5.41, 5.74) is 0.148. The molecule has 0 spiro atoms. The molecule has 0 radical (unpaired) electrons. The number of rotatable bonds is 5. The normalized spacial score (nSPS) is 11.4. The van der Waals surface area contributed by atoms with Gasteiger partial charge in [0.25, 0.3) is 10.0 Å². The summed E-state index contributed by atoms with van der Waals surface area (Å²) in [6.07, 6.45) is 2.96. The van der Waals surface area contributed by atoms with Crippen molar-refractivity contribution in [2.45, 2.75) is 4.90 Å². The number of hydrogen-bond donors (Lipinski definition) is 1. The molecule has 0 aliphatic heterocycles. The van der Waals surface area contributed by atoms with Crippen LogP contribution in [0.1, 0.15) is 0 Å². The van der Waals surface area contributed by atoms with Crippen molar-refractivity contribution in [2.24, 2.45) is 0 Å². The number of sulfonamides is 1. The fraction of sp³-hybridized carbons (Fsp3) is 0. The van der Waals surface area contributed by atoms with E-state index >= 15 is 0 Å². The molecular weight excluding hydrogens is 469 g/mol. The van der Waals surface area contributed by atoms with Crippen LogP contribution in [-0.2, 0) is 10.0 Å². The maximum absolute atomic E-state index is 12.6. The molecule has 0 bridgehead atoms. The lowest BCUT2D eigenvalue weighted by atomic mass is 10.2. The number of halogens is 3. The summed E-state index contributed by atoms with van der Waals surface area (Å²) in [5.74, 6) is 0.401. The van der Waals surface area contributed by atoms with Gasteiger partial charge in [0.05, 0.1) is 16.8 Å². The van der Waals surface area contributed by atoms with Crippen LogP contribution in [0.3, 0.4) is 0 Å². The van der Waals surface area contributed by atoms with E-state index in [1.54, 1.807) is 12.3 Å². The molecule has 4 aromatic rings. The summed E-state index contributed by atoms with van der Waals surface area (Å²) < 4.78 is 33.2. The van der Waals surface area contributed by atoms with Crippen LogP contribution in [0.2, 0.25) is 15.1 Å². The van der Waals surface area contributed by atoms with Gasteiger partial charge >= 0.3 is 0 Å². The second kappa shape index (κ2) is 8.28. The van der Waals surface area contributed by atoms with E-state index in [0.29, 0.717) is 5.88 Å². The summed E-state index contributed by atoms with van der Waals surface area (Å²) in [6.45, 7) is 0. The topological polar surface area (TPSA) is 81.2 Å². The minimum atomic E-state index is -3.94. The van der Waals surface area contributed by atoms with Crippen LogP contribution < -0.4 is 9.46 Å². The van der Waals surface area contributed by atoms with Gasteiger partial charge in [-0.25, -0.2) is 18.4 Å². The van der Waals surface area contributed by atoms with Gasteiger partial charge in [-0.05, 0) is 29.7 Å². The summed E-state index contributed by atoms with van der Waals surface area (Å²) >= 11 is 18.0. The Bertz CT molecular complexity index is 1340. The van der Waals surface area contributed by atoms with Crippen LogP contribution in [0.15, 0.2) is 71.9 Å². The molecule has 0 saturated carbocycles. The molecule has 0 unspecified atom stereocenters. The van der Waals surface area contributed by atoms with Crippen molar-refractivity contribution in [1.82, 2.24) is 9.97 Å². The van der Waals surface area contributed by atoms with Crippen LogP contribution in [-0.4, -0.2) is 18.4 Å². The Kier molecular flexibility index (Phi) is 5.71. The van der Waals surface area contributed by atoms with Crippen LogP contribution in [0, 0.1) is 0 Å². The van der Waals surface area contributed by atoms with E-state index in [2.05, 4.69) is 14.7 Å². The second-order valence-corrected chi connectivity index (χ2v) is 9.16. The molecule has 0 amide bonds. The van der Waals surface area contributed by atoms with E-state index in [1.165, 1.54) is 30.5 Å². The third-order valence-electron chi connectivity index (χ3n) is 4.01. The highest BCUT2D eigenvalue weighted by Gasteiger charge is 2.17. The lowest BCUT2D eigenvalue weighted by Crippen LogP contribution is -2.13. The first-order valence-electron chi connectivity index (χ1n) is 8.47. The number of hydrogen-bond acceptors (Lipinski definition) is 5. The van der Waals surface area contributed by atoms with Crippen molar-refractivity contribution in [3.63, 3.8) is 0 Å². The average Bonchev–Trinajstić information content (AvgIpc) is 2.69. The van der Waals surface area contributed by atoms with E-state index in [0.717, 1.165) is 10.8 Å². The van der Waals surface area contributed by atoms with Crippen molar-refractivity contribution >= 4 is 61.3 Å². The number of anilines is 1. The first-order valence-corrected chi connectivity index (χ1v) is 11.1. The Hall–Kier alpha value is -2.58. The number of nitrogens with one attached hydrogen (secondary N) is 1. The molecule has 4 rings (SSSR count). The summed E-state index contributed by atoms with van der Waals surface area (Å²) in [4.78, 5) is 8.23. The third kappa shape index (κ3) is 4.60. The van der Waals surface area contributed by atoms with Gasteiger partial charge in [0.1, 0.15) is 5.02 Å². The number of ether oxygens (including phenoxy) is 1. The van der Waals surface area contributed by atoms with E-state index in [-0.39, 0.29) is 31.5 Å². The van der Waals surface area contributed by atoms with Crippen LogP contribution in [0.4, 0.5) is 5.69 Å². The lowest BCUT2D eigenvalue weighted by Gasteiger charge is -2.11. The largest absolute Gasteiger partial charge is 0.419 e. The van der Waals surface area contributed by atoms with Crippen LogP contribution >= 0.6 is 34.8 Å². The zero-order valence-corrected chi connectivity index (χ0v) is 18.1. The quantitative estimate of drug-likeness (QED) is 0.369. The van der Waals surface area contributed by atoms with Crippen molar-refractivity contribution in [1.29, 1.82) is 0 Å². The highest BCUT2D eigenvalue weighted by Crippen LogP contribution is 2.31. The predicted octanol–water partition coefficient (Wildman–Crippen LogP) is 6.18. The molecule has 0 atom stereocenters. The third-order valence-corrected chi connectivity index (χ3v) is 6.08. The fourth-order valence-corrected chi connectivity index (χ4v) is 4.64. The Morgan fingerprint density at radius 3 is 2.23 bits per heavy atom. The molecule has 2 aromatic heterocycles. The van der Waals surface area contributed by atoms with Crippen molar-refractivity contribution in [3.8, 4) is 11.8 Å². The van der Waals surface area contributed by atoms with E-state index in [1.807, 2.05) is 24.3 Å². The van der Waals surface area contributed by atoms with Crippen LogP contribution in [0.25, 0.3) is 10.8 Å². The van der Waals surface area contributed by atoms with Gasteiger partial charge in [0.2, 0.25) is 11.8 Å². The van der Waals surface area contributed by atoms with Gasteiger partial charge in [-0.2, -0.15) is 0 Å². The molecule has 0 aliphatic rings. The maximum Gasteiger partial charge on any atom is 0.262 e. The SMILES string of the molecule is O=S(=O)(Nc1cnc(Oc2cc3ccccc3cn2)c(Cl)c1)c1cc(Cl)cc(Cl)c1. The molecule has 30 heavy (non-hydrogen) atoms. The second-order valence-electron chi connectivity index (χ2n) is 6.19. The molecule has 0 aliphatic carbocycles. The molecule has 6 nitrogen and oxygen atoms in total. The minimum Gasteiger partial charge on any atom is -0.419 e. The van der Waals surface area contributed by atoms with E-state index in [9.17, 15) is 8.42 Å². The number of pyridine rings is 2. The van der Waals surface area contributed by atoms with Gasteiger partial charge in [-0.1, -0.05) is 59.1 Å². The predicted molar refractivity (Wildman–Crippen MR) is 118 cm³/mol. The first kappa shape index (κ1) is 20.7. The summed E-state index contributed by atoms with van der Waals surface area (Å²) in [6, 6.07) is 14.8. The number of nitrogens with zero attached hydrogens (tertiary/aromatic N) is 2. The Morgan fingerprint density at radius 2 is 1.53 bits per heavy atom. The first-order chi connectivity index (χ1) is 14.3.